The summed E-state index contributed by atoms with van der Waals surface area (Å²) in [5, 5.41) is 0. The van der Waals surface area contributed by atoms with Crippen LogP contribution >= 0.6 is 11.8 Å². The van der Waals surface area contributed by atoms with Gasteiger partial charge in [0.2, 0.25) is 5.91 Å². The molecule has 0 radical (unpaired) electrons. The van der Waals surface area contributed by atoms with E-state index in [-0.39, 0.29) is 11.6 Å². The molecule has 0 unspecified atom stereocenters. The summed E-state index contributed by atoms with van der Waals surface area (Å²) in [4.78, 5) is 30.4. The van der Waals surface area contributed by atoms with Gasteiger partial charge in [-0.25, -0.2) is 0 Å². The molecule has 1 saturated heterocycles. The normalized spacial score (nSPS) is 15.8. The molecule has 0 bridgehead atoms. The lowest BCUT2D eigenvalue weighted by molar-refractivity contribution is -0.171. The van der Waals surface area contributed by atoms with Crippen LogP contribution in [0.2, 0.25) is 0 Å². The Morgan fingerprint density at radius 1 is 1.35 bits per heavy atom. The van der Waals surface area contributed by atoms with Crippen molar-refractivity contribution in [3.63, 3.8) is 0 Å². The number of alkyl halides is 3. The van der Waals surface area contributed by atoms with Crippen LogP contribution in [0.5, 0.6) is 0 Å². The summed E-state index contributed by atoms with van der Waals surface area (Å²) in [7, 11) is 0. The summed E-state index contributed by atoms with van der Waals surface area (Å²) >= 11 is 1.55. The van der Waals surface area contributed by atoms with Crippen molar-refractivity contribution in [1.82, 2.24) is 9.88 Å². The predicted octanol–water partition coefficient (Wildman–Crippen LogP) is 3.11. The fourth-order valence-electron chi connectivity index (χ4n) is 2.90. The second-order valence-corrected chi connectivity index (χ2v) is 7.15. The van der Waals surface area contributed by atoms with E-state index in [4.69, 9.17) is 0 Å². The third-order valence-electron chi connectivity index (χ3n) is 4.14. The number of pyridine rings is 1. The number of anilines is 1. The first kappa shape index (κ1) is 20.5. The van der Waals surface area contributed by atoms with Gasteiger partial charge in [0.1, 0.15) is 0 Å². The largest absolute Gasteiger partial charge is 0.471 e. The Kier molecular flexibility index (Phi) is 7.31. The third-order valence-corrected chi connectivity index (χ3v) is 5.29. The fourth-order valence-corrected chi connectivity index (χ4v) is 3.69. The number of amides is 2. The molecule has 9 heteroatoms. The number of likely N-dealkylation sites (tertiary alicyclic amines) is 1. The zero-order valence-electron chi connectivity index (χ0n) is 14.5. The molecule has 0 N–H and O–H groups in total. The van der Waals surface area contributed by atoms with E-state index >= 15 is 0 Å². The maximum absolute atomic E-state index is 13.0. The first-order valence-electron chi connectivity index (χ1n) is 8.50. The van der Waals surface area contributed by atoms with E-state index in [9.17, 15) is 22.8 Å². The number of carbonyl (C=O) groups excluding carboxylic acids is 2. The van der Waals surface area contributed by atoms with Crippen LogP contribution in [0.1, 0.15) is 26.2 Å². The number of piperidine rings is 1. The molecule has 5 nitrogen and oxygen atoms in total. The molecule has 1 aromatic heterocycles. The molecule has 26 heavy (non-hydrogen) atoms. The standard InChI is InChI=1S/C17H22F3N3O2S/c1-2-10-26-12-15(24)22-8-5-13(6-9-22)23(16(25)17(18,19)20)14-4-3-7-21-11-14/h3-4,7,11,13H,2,5-6,8-10,12H2,1H3. The minimum absolute atomic E-state index is 0.00280. The van der Waals surface area contributed by atoms with Gasteiger partial charge in [0.15, 0.2) is 0 Å². The molecule has 0 aliphatic carbocycles. The molecule has 0 atom stereocenters. The maximum atomic E-state index is 13.0. The number of aromatic nitrogens is 1. The van der Waals surface area contributed by atoms with Crippen molar-refractivity contribution in [3.05, 3.63) is 24.5 Å². The maximum Gasteiger partial charge on any atom is 0.471 e. The summed E-state index contributed by atoms with van der Waals surface area (Å²) in [6, 6.07) is 2.33. The Morgan fingerprint density at radius 2 is 2.04 bits per heavy atom. The highest BCUT2D eigenvalue weighted by atomic mass is 32.2. The Bertz CT molecular complexity index is 605. The SMILES string of the molecule is CCCSCC(=O)N1CCC(N(C(=O)C(F)(F)F)c2cccnc2)CC1. The van der Waals surface area contributed by atoms with Gasteiger partial charge in [-0.15, -0.1) is 0 Å². The van der Waals surface area contributed by atoms with Gasteiger partial charge < -0.3 is 4.90 Å². The lowest BCUT2D eigenvalue weighted by Crippen LogP contribution is -2.52. The van der Waals surface area contributed by atoms with Gasteiger partial charge in [-0.3, -0.25) is 19.5 Å². The third kappa shape index (κ3) is 5.36. The Balaban J connectivity index is 2.05. The number of hydrogen-bond donors (Lipinski definition) is 0. The van der Waals surface area contributed by atoms with E-state index in [0.29, 0.717) is 31.7 Å². The Labute approximate surface area is 154 Å². The average molecular weight is 389 g/mol. The fraction of sp³-hybridized carbons (Fsp3) is 0.588. The van der Waals surface area contributed by atoms with E-state index in [1.54, 1.807) is 16.7 Å². The van der Waals surface area contributed by atoms with Crippen molar-refractivity contribution in [3.8, 4) is 0 Å². The number of nitrogens with zero attached hydrogens (tertiary/aromatic N) is 3. The van der Waals surface area contributed by atoms with Crippen molar-refractivity contribution < 1.29 is 22.8 Å². The lowest BCUT2D eigenvalue weighted by Gasteiger charge is -2.38. The zero-order valence-corrected chi connectivity index (χ0v) is 15.4. The molecular weight excluding hydrogens is 367 g/mol. The van der Waals surface area contributed by atoms with Crippen LogP contribution in [0.15, 0.2) is 24.5 Å². The number of thioether (sulfide) groups is 1. The van der Waals surface area contributed by atoms with Gasteiger partial charge in [-0.05, 0) is 37.1 Å². The molecule has 2 amide bonds. The molecule has 0 spiro atoms. The van der Waals surface area contributed by atoms with Crippen LogP contribution < -0.4 is 4.90 Å². The summed E-state index contributed by atoms with van der Waals surface area (Å²) in [5.41, 5.74) is 0.123. The van der Waals surface area contributed by atoms with Gasteiger partial charge in [0.25, 0.3) is 0 Å². The molecular formula is C17H22F3N3O2S. The molecule has 2 rings (SSSR count). The van der Waals surface area contributed by atoms with Gasteiger partial charge in [0.05, 0.1) is 17.6 Å². The van der Waals surface area contributed by atoms with Crippen molar-refractivity contribution in [1.29, 1.82) is 0 Å². The Hall–Kier alpha value is -1.77. The summed E-state index contributed by atoms with van der Waals surface area (Å²) in [6.45, 7) is 2.73. The van der Waals surface area contributed by atoms with Gasteiger partial charge >= 0.3 is 12.1 Å². The highest BCUT2D eigenvalue weighted by Gasteiger charge is 2.46. The van der Waals surface area contributed by atoms with Crippen LogP contribution in [-0.2, 0) is 9.59 Å². The second kappa shape index (κ2) is 9.25. The molecule has 0 saturated carbocycles. The number of rotatable bonds is 6. The summed E-state index contributed by atoms with van der Waals surface area (Å²) in [5.74, 6) is -0.616. The van der Waals surface area contributed by atoms with Crippen LogP contribution in [0, 0.1) is 0 Å². The van der Waals surface area contributed by atoms with E-state index in [0.717, 1.165) is 17.1 Å². The molecule has 144 valence electrons. The summed E-state index contributed by atoms with van der Waals surface area (Å²) < 4.78 is 39.1. The lowest BCUT2D eigenvalue weighted by atomic mass is 10.0. The van der Waals surface area contributed by atoms with Gasteiger partial charge in [0, 0.05) is 25.3 Å². The monoisotopic (exact) mass is 389 g/mol. The Morgan fingerprint density at radius 3 is 2.58 bits per heavy atom. The van der Waals surface area contributed by atoms with Crippen LogP contribution in [0.3, 0.4) is 0 Å². The van der Waals surface area contributed by atoms with Crippen molar-refractivity contribution >= 4 is 29.3 Å². The molecule has 2 heterocycles. The molecule has 1 fully saturated rings. The quantitative estimate of drug-likeness (QED) is 0.702. The smallest absolute Gasteiger partial charge is 0.342 e. The first-order chi connectivity index (χ1) is 12.3. The first-order valence-corrected chi connectivity index (χ1v) is 9.66. The van der Waals surface area contributed by atoms with Crippen molar-refractivity contribution in [2.45, 2.75) is 38.4 Å². The van der Waals surface area contributed by atoms with Crippen LogP contribution in [0.25, 0.3) is 0 Å². The number of hydrogen-bond acceptors (Lipinski definition) is 4. The highest BCUT2D eigenvalue weighted by molar-refractivity contribution is 7.99. The van der Waals surface area contributed by atoms with Gasteiger partial charge in [-0.1, -0.05) is 6.92 Å². The van der Waals surface area contributed by atoms with Crippen LogP contribution in [-0.4, -0.2) is 58.5 Å². The van der Waals surface area contributed by atoms with E-state index < -0.39 is 18.1 Å². The summed E-state index contributed by atoms with van der Waals surface area (Å²) in [6.07, 6.45) is -0.668. The number of halogens is 3. The minimum atomic E-state index is -4.96. The van der Waals surface area contributed by atoms with Crippen molar-refractivity contribution in [2.75, 3.05) is 29.5 Å². The topological polar surface area (TPSA) is 53.5 Å². The molecule has 1 aliphatic rings. The van der Waals surface area contributed by atoms with E-state index in [2.05, 4.69) is 4.98 Å². The van der Waals surface area contributed by atoms with Crippen LogP contribution in [0.4, 0.5) is 18.9 Å². The average Bonchev–Trinajstić information content (AvgIpc) is 2.63. The van der Waals surface area contributed by atoms with Crippen molar-refractivity contribution in [2.24, 2.45) is 0 Å². The zero-order chi connectivity index (χ0) is 19.2. The van der Waals surface area contributed by atoms with E-state index in [1.807, 2.05) is 6.92 Å². The van der Waals surface area contributed by atoms with E-state index in [1.165, 1.54) is 24.5 Å². The number of carbonyl (C=O) groups is 2. The molecule has 0 aromatic carbocycles. The highest BCUT2D eigenvalue weighted by Crippen LogP contribution is 2.29. The second-order valence-electron chi connectivity index (χ2n) is 6.05. The minimum Gasteiger partial charge on any atom is -0.342 e. The predicted molar refractivity (Wildman–Crippen MR) is 95.0 cm³/mol. The van der Waals surface area contributed by atoms with Gasteiger partial charge in [-0.2, -0.15) is 24.9 Å². The molecule has 1 aromatic rings. The molecule has 1 aliphatic heterocycles.